The van der Waals surface area contributed by atoms with Gasteiger partial charge in [-0.3, -0.25) is 14.4 Å². The summed E-state index contributed by atoms with van der Waals surface area (Å²) in [6.07, 6.45) is 6.32. The number of benzene rings is 1. The number of fused-ring (bicyclic) bond motifs is 5. The molecule has 1 saturated heterocycles. The van der Waals surface area contributed by atoms with Gasteiger partial charge in [0, 0.05) is 12.1 Å². The first-order valence-electron chi connectivity index (χ1n) is 8.56. The van der Waals surface area contributed by atoms with Gasteiger partial charge in [-0.2, -0.15) is 0 Å². The van der Waals surface area contributed by atoms with Crippen LogP contribution in [0.3, 0.4) is 0 Å². The van der Waals surface area contributed by atoms with Crippen molar-refractivity contribution in [1.29, 1.82) is 0 Å². The number of nitrogens with one attached hydrogen (secondary N) is 1. The smallest absolute Gasteiger partial charge is 0.238 e. The van der Waals surface area contributed by atoms with Crippen LogP contribution in [0.25, 0.3) is 0 Å². The molecule has 124 valence electrons. The van der Waals surface area contributed by atoms with Crippen LogP contribution in [-0.4, -0.2) is 17.7 Å². The van der Waals surface area contributed by atoms with Gasteiger partial charge in [0.25, 0.3) is 0 Å². The Balaban J connectivity index is 1.60. The van der Waals surface area contributed by atoms with Crippen LogP contribution >= 0.6 is 0 Å². The van der Waals surface area contributed by atoms with E-state index in [4.69, 9.17) is 0 Å². The number of carbonyl (C=O) groups is 3. The second-order valence-electron chi connectivity index (χ2n) is 6.86. The first-order chi connectivity index (χ1) is 11.6. The maximum atomic E-state index is 12.8. The topological polar surface area (TPSA) is 66.5 Å². The van der Waals surface area contributed by atoms with E-state index < -0.39 is 0 Å². The number of amides is 3. The van der Waals surface area contributed by atoms with E-state index in [9.17, 15) is 14.4 Å². The van der Waals surface area contributed by atoms with E-state index in [0.717, 1.165) is 12.8 Å². The molecule has 5 heteroatoms. The molecule has 3 amide bonds. The lowest BCUT2D eigenvalue weighted by atomic mass is 9.85. The van der Waals surface area contributed by atoms with Crippen LogP contribution in [-0.2, 0) is 14.4 Å². The Labute approximate surface area is 140 Å². The molecule has 1 aromatic carbocycles. The molecule has 3 aliphatic rings. The predicted molar refractivity (Wildman–Crippen MR) is 90.2 cm³/mol. The summed E-state index contributed by atoms with van der Waals surface area (Å²) in [6, 6.07) is 6.99. The van der Waals surface area contributed by atoms with Crippen LogP contribution in [0, 0.1) is 23.7 Å². The molecular formula is C19H20N2O3. The molecule has 1 N–H and O–H groups in total. The summed E-state index contributed by atoms with van der Waals surface area (Å²) >= 11 is 0. The van der Waals surface area contributed by atoms with Crippen molar-refractivity contribution < 1.29 is 14.4 Å². The van der Waals surface area contributed by atoms with Gasteiger partial charge in [-0.15, -0.1) is 0 Å². The summed E-state index contributed by atoms with van der Waals surface area (Å²) in [5.41, 5.74) is 1.16. The molecule has 2 aliphatic carbocycles. The SMILES string of the molecule is CCCC(=O)Nc1cccc(N2C(=O)C3C4C=CC(C4)C3C2=O)c1. The Morgan fingerprint density at radius 2 is 1.83 bits per heavy atom. The fraction of sp³-hybridized carbons (Fsp3) is 0.421. The molecule has 1 heterocycles. The van der Waals surface area contributed by atoms with Crippen LogP contribution < -0.4 is 10.2 Å². The lowest BCUT2D eigenvalue weighted by Gasteiger charge is -2.18. The molecule has 0 spiro atoms. The number of imide groups is 1. The highest BCUT2D eigenvalue weighted by molar-refractivity contribution is 6.23. The van der Waals surface area contributed by atoms with E-state index in [1.807, 2.05) is 6.92 Å². The van der Waals surface area contributed by atoms with Gasteiger partial charge in [0.1, 0.15) is 0 Å². The van der Waals surface area contributed by atoms with Crippen molar-refractivity contribution in [3.05, 3.63) is 36.4 Å². The lowest BCUT2D eigenvalue weighted by Crippen LogP contribution is -2.32. The van der Waals surface area contributed by atoms with Crippen LogP contribution in [0.1, 0.15) is 26.2 Å². The van der Waals surface area contributed by atoms with Crippen molar-refractivity contribution >= 4 is 29.1 Å². The third-order valence-electron chi connectivity index (χ3n) is 5.34. The van der Waals surface area contributed by atoms with E-state index in [0.29, 0.717) is 17.8 Å². The van der Waals surface area contributed by atoms with Crippen molar-refractivity contribution in [2.45, 2.75) is 26.2 Å². The number of carbonyl (C=O) groups excluding carboxylic acids is 3. The summed E-state index contributed by atoms with van der Waals surface area (Å²) in [4.78, 5) is 38.7. The molecule has 4 atom stereocenters. The zero-order valence-corrected chi connectivity index (χ0v) is 13.6. The maximum Gasteiger partial charge on any atom is 0.238 e. The first-order valence-corrected chi connectivity index (χ1v) is 8.56. The summed E-state index contributed by atoms with van der Waals surface area (Å²) in [7, 11) is 0. The highest BCUT2D eigenvalue weighted by Gasteiger charge is 2.59. The first kappa shape index (κ1) is 15.1. The van der Waals surface area contributed by atoms with Crippen molar-refractivity contribution in [2.24, 2.45) is 23.7 Å². The fourth-order valence-electron chi connectivity index (χ4n) is 4.33. The third-order valence-corrected chi connectivity index (χ3v) is 5.34. The van der Waals surface area contributed by atoms with Crippen molar-refractivity contribution in [2.75, 3.05) is 10.2 Å². The zero-order chi connectivity index (χ0) is 16.8. The Kier molecular flexibility index (Phi) is 3.52. The number of allylic oxidation sites excluding steroid dienone is 2. The van der Waals surface area contributed by atoms with Crippen molar-refractivity contribution in [1.82, 2.24) is 0 Å². The fourth-order valence-corrected chi connectivity index (χ4v) is 4.33. The number of hydrogen-bond acceptors (Lipinski definition) is 3. The molecule has 4 unspecified atom stereocenters. The second kappa shape index (κ2) is 5.58. The van der Waals surface area contributed by atoms with Crippen LogP contribution in [0.5, 0.6) is 0 Å². The lowest BCUT2D eigenvalue weighted by molar-refractivity contribution is -0.123. The standard InChI is InChI=1S/C19H20N2O3/c1-2-4-15(22)20-13-5-3-6-14(10-13)21-18(23)16-11-7-8-12(9-11)17(16)19(21)24/h3,5-8,10-12,16-17H,2,4,9H2,1H3,(H,20,22). The van der Waals surface area contributed by atoms with Gasteiger partial charge >= 0.3 is 0 Å². The van der Waals surface area contributed by atoms with Gasteiger partial charge in [0.2, 0.25) is 17.7 Å². The van der Waals surface area contributed by atoms with Gasteiger partial charge in [0.05, 0.1) is 17.5 Å². The molecule has 0 radical (unpaired) electrons. The van der Waals surface area contributed by atoms with E-state index in [1.54, 1.807) is 24.3 Å². The quantitative estimate of drug-likeness (QED) is 0.684. The number of hydrogen-bond donors (Lipinski definition) is 1. The molecule has 1 saturated carbocycles. The van der Waals surface area contributed by atoms with Crippen molar-refractivity contribution in [3.63, 3.8) is 0 Å². The molecular weight excluding hydrogens is 304 g/mol. The minimum atomic E-state index is -0.203. The Morgan fingerprint density at radius 3 is 2.46 bits per heavy atom. The summed E-state index contributed by atoms with van der Waals surface area (Å²) in [5, 5.41) is 2.82. The molecule has 5 nitrogen and oxygen atoms in total. The molecule has 24 heavy (non-hydrogen) atoms. The molecule has 1 aromatic rings. The number of anilines is 2. The highest BCUT2D eigenvalue weighted by atomic mass is 16.2. The van der Waals surface area contributed by atoms with Crippen LogP contribution in [0.15, 0.2) is 36.4 Å². The summed E-state index contributed by atoms with van der Waals surface area (Å²) < 4.78 is 0. The highest BCUT2D eigenvalue weighted by Crippen LogP contribution is 2.53. The van der Waals surface area contributed by atoms with Crippen LogP contribution in [0.4, 0.5) is 11.4 Å². The van der Waals surface area contributed by atoms with Gasteiger partial charge in [0.15, 0.2) is 0 Å². The minimum absolute atomic E-state index is 0.0622. The average Bonchev–Trinajstić information content (AvgIpc) is 3.22. The van der Waals surface area contributed by atoms with Gasteiger partial charge in [-0.05, 0) is 42.9 Å². The number of rotatable bonds is 4. The van der Waals surface area contributed by atoms with Gasteiger partial charge in [-0.25, -0.2) is 4.90 Å². The van der Waals surface area contributed by atoms with Gasteiger partial charge < -0.3 is 5.32 Å². The Hall–Kier alpha value is -2.43. The van der Waals surface area contributed by atoms with E-state index in [-0.39, 0.29) is 41.4 Å². The van der Waals surface area contributed by atoms with E-state index >= 15 is 0 Å². The van der Waals surface area contributed by atoms with E-state index in [2.05, 4.69) is 17.5 Å². The largest absolute Gasteiger partial charge is 0.326 e. The van der Waals surface area contributed by atoms with Crippen LogP contribution in [0.2, 0.25) is 0 Å². The Bertz CT molecular complexity index is 725. The molecule has 2 bridgehead atoms. The molecule has 1 aliphatic heterocycles. The maximum absolute atomic E-state index is 12.8. The molecule has 0 aromatic heterocycles. The Morgan fingerprint density at radius 1 is 1.17 bits per heavy atom. The molecule has 4 rings (SSSR count). The zero-order valence-electron chi connectivity index (χ0n) is 13.6. The predicted octanol–water partition coefficient (Wildman–Crippen LogP) is 2.74. The minimum Gasteiger partial charge on any atom is -0.326 e. The summed E-state index contributed by atoms with van der Waals surface area (Å²) in [5.74, 6) is -0.259. The van der Waals surface area contributed by atoms with E-state index in [1.165, 1.54) is 4.90 Å². The van der Waals surface area contributed by atoms with Gasteiger partial charge in [-0.1, -0.05) is 25.1 Å². The second-order valence-corrected chi connectivity index (χ2v) is 6.86. The molecule has 2 fully saturated rings. The third kappa shape index (κ3) is 2.19. The normalized spacial score (nSPS) is 30.1. The summed E-state index contributed by atoms with van der Waals surface area (Å²) in [6.45, 7) is 1.94. The monoisotopic (exact) mass is 324 g/mol. The number of nitrogens with zero attached hydrogens (tertiary/aromatic N) is 1. The average molecular weight is 324 g/mol. The van der Waals surface area contributed by atoms with Crippen molar-refractivity contribution in [3.8, 4) is 0 Å².